The highest BCUT2D eigenvalue weighted by Gasteiger charge is 2.23. The van der Waals surface area contributed by atoms with Crippen LogP contribution in [0.15, 0.2) is 11.6 Å². The van der Waals surface area contributed by atoms with Gasteiger partial charge in [0, 0.05) is 13.1 Å². The van der Waals surface area contributed by atoms with Gasteiger partial charge in [0.05, 0.1) is 0 Å². The Balaban J connectivity index is 2.38. The number of hydrogen-bond donors (Lipinski definition) is 1. The van der Waals surface area contributed by atoms with E-state index in [4.69, 9.17) is 5.73 Å². The van der Waals surface area contributed by atoms with Crippen LogP contribution in [0, 0.1) is 11.8 Å². The molecule has 1 aliphatic heterocycles. The van der Waals surface area contributed by atoms with Crippen LogP contribution in [0.3, 0.4) is 0 Å². The smallest absolute Gasteiger partial charge is 0.0165 e. The Bertz CT molecular complexity index is 194. The molecule has 0 saturated carbocycles. The standard InChI is InChI=1S/C12H24N2/c1-10(2)4-6-14-7-5-11(3)12(8-13)9-14/h4,11-12H,5-9,13H2,1-3H3. The van der Waals surface area contributed by atoms with Gasteiger partial charge in [-0.05, 0) is 45.2 Å². The fourth-order valence-electron chi connectivity index (χ4n) is 2.01. The van der Waals surface area contributed by atoms with Crippen molar-refractivity contribution in [3.05, 3.63) is 11.6 Å². The normalized spacial score (nSPS) is 28.9. The summed E-state index contributed by atoms with van der Waals surface area (Å²) < 4.78 is 0. The van der Waals surface area contributed by atoms with Crippen LogP contribution in [0.1, 0.15) is 27.2 Å². The van der Waals surface area contributed by atoms with Crippen molar-refractivity contribution >= 4 is 0 Å². The van der Waals surface area contributed by atoms with E-state index in [1.165, 1.54) is 25.1 Å². The van der Waals surface area contributed by atoms with E-state index >= 15 is 0 Å². The van der Waals surface area contributed by atoms with E-state index < -0.39 is 0 Å². The molecule has 2 unspecified atom stereocenters. The Labute approximate surface area is 88.2 Å². The second-order valence-electron chi connectivity index (χ2n) is 4.80. The number of rotatable bonds is 3. The second-order valence-corrected chi connectivity index (χ2v) is 4.80. The average Bonchev–Trinajstić information content (AvgIpc) is 2.16. The zero-order valence-corrected chi connectivity index (χ0v) is 9.79. The Morgan fingerprint density at radius 3 is 2.79 bits per heavy atom. The maximum atomic E-state index is 5.77. The molecule has 1 saturated heterocycles. The summed E-state index contributed by atoms with van der Waals surface area (Å²) in [5.41, 5.74) is 7.18. The first-order valence-electron chi connectivity index (χ1n) is 5.69. The second kappa shape index (κ2) is 5.52. The molecule has 0 aliphatic carbocycles. The zero-order valence-electron chi connectivity index (χ0n) is 9.79. The summed E-state index contributed by atoms with van der Waals surface area (Å²) in [7, 11) is 0. The minimum absolute atomic E-state index is 0.703. The first-order valence-corrected chi connectivity index (χ1v) is 5.69. The first-order chi connectivity index (χ1) is 6.63. The fourth-order valence-corrected chi connectivity index (χ4v) is 2.01. The fraction of sp³-hybridized carbons (Fsp3) is 0.833. The number of allylic oxidation sites excluding steroid dienone is 1. The van der Waals surface area contributed by atoms with E-state index in [0.717, 1.165) is 19.0 Å². The summed E-state index contributed by atoms with van der Waals surface area (Å²) in [5.74, 6) is 1.51. The van der Waals surface area contributed by atoms with E-state index in [-0.39, 0.29) is 0 Å². The summed E-state index contributed by atoms with van der Waals surface area (Å²) in [4.78, 5) is 2.52. The van der Waals surface area contributed by atoms with Gasteiger partial charge in [-0.25, -0.2) is 0 Å². The lowest BCUT2D eigenvalue weighted by Gasteiger charge is -2.36. The summed E-state index contributed by atoms with van der Waals surface area (Å²) in [6.45, 7) is 11.0. The minimum atomic E-state index is 0.703. The predicted octanol–water partition coefficient (Wildman–Crippen LogP) is 1.87. The number of piperidine rings is 1. The molecule has 0 spiro atoms. The van der Waals surface area contributed by atoms with Gasteiger partial charge in [-0.1, -0.05) is 18.6 Å². The van der Waals surface area contributed by atoms with Gasteiger partial charge in [0.1, 0.15) is 0 Å². The van der Waals surface area contributed by atoms with Crippen molar-refractivity contribution in [2.45, 2.75) is 27.2 Å². The van der Waals surface area contributed by atoms with Gasteiger partial charge in [-0.3, -0.25) is 4.90 Å². The highest BCUT2D eigenvalue weighted by molar-refractivity contribution is 4.95. The Morgan fingerprint density at radius 1 is 1.50 bits per heavy atom. The molecule has 0 bridgehead atoms. The van der Waals surface area contributed by atoms with E-state index in [2.05, 4.69) is 31.7 Å². The third-order valence-corrected chi connectivity index (χ3v) is 3.26. The summed E-state index contributed by atoms with van der Waals surface area (Å²) in [5, 5.41) is 0. The molecule has 2 N–H and O–H groups in total. The molecule has 0 amide bonds. The molecular weight excluding hydrogens is 172 g/mol. The summed E-state index contributed by atoms with van der Waals surface area (Å²) in [6.07, 6.45) is 3.61. The molecule has 2 nitrogen and oxygen atoms in total. The zero-order chi connectivity index (χ0) is 10.6. The monoisotopic (exact) mass is 196 g/mol. The SMILES string of the molecule is CC(C)=CCN1CCC(C)C(CN)C1. The number of nitrogens with zero attached hydrogens (tertiary/aromatic N) is 1. The quantitative estimate of drug-likeness (QED) is 0.698. The van der Waals surface area contributed by atoms with Crippen LogP contribution in [0.4, 0.5) is 0 Å². The van der Waals surface area contributed by atoms with Gasteiger partial charge in [0.2, 0.25) is 0 Å². The van der Waals surface area contributed by atoms with Crippen LogP contribution in [-0.2, 0) is 0 Å². The largest absolute Gasteiger partial charge is 0.330 e. The van der Waals surface area contributed by atoms with Gasteiger partial charge < -0.3 is 5.73 Å². The average molecular weight is 196 g/mol. The highest BCUT2D eigenvalue weighted by Crippen LogP contribution is 2.21. The molecule has 0 radical (unpaired) electrons. The van der Waals surface area contributed by atoms with Crippen LogP contribution >= 0.6 is 0 Å². The van der Waals surface area contributed by atoms with Crippen LogP contribution in [0.2, 0.25) is 0 Å². The molecule has 1 aliphatic rings. The predicted molar refractivity (Wildman–Crippen MR) is 62.2 cm³/mol. The lowest BCUT2D eigenvalue weighted by molar-refractivity contribution is 0.144. The van der Waals surface area contributed by atoms with Gasteiger partial charge in [0.25, 0.3) is 0 Å². The van der Waals surface area contributed by atoms with E-state index in [9.17, 15) is 0 Å². The summed E-state index contributed by atoms with van der Waals surface area (Å²) >= 11 is 0. The topological polar surface area (TPSA) is 29.3 Å². The van der Waals surface area contributed by atoms with Crippen LogP contribution in [0.25, 0.3) is 0 Å². The van der Waals surface area contributed by atoms with Crippen LogP contribution in [0.5, 0.6) is 0 Å². The molecule has 2 atom stereocenters. The molecule has 0 aromatic rings. The third kappa shape index (κ3) is 3.43. The van der Waals surface area contributed by atoms with Crippen molar-refractivity contribution in [3.63, 3.8) is 0 Å². The Morgan fingerprint density at radius 2 is 2.21 bits per heavy atom. The maximum Gasteiger partial charge on any atom is 0.0165 e. The van der Waals surface area contributed by atoms with E-state index in [0.29, 0.717) is 5.92 Å². The Kier molecular flexibility index (Phi) is 4.63. The van der Waals surface area contributed by atoms with Gasteiger partial charge in [-0.2, -0.15) is 0 Å². The van der Waals surface area contributed by atoms with Crippen molar-refractivity contribution in [1.29, 1.82) is 0 Å². The maximum absolute atomic E-state index is 5.77. The van der Waals surface area contributed by atoms with Gasteiger partial charge in [0.15, 0.2) is 0 Å². The molecule has 1 rings (SSSR count). The van der Waals surface area contributed by atoms with Crippen molar-refractivity contribution in [2.75, 3.05) is 26.2 Å². The third-order valence-electron chi connectivity index (χ3n) is 3.26. The van der Waals surface area contributed by atoms with Crippen LogP contribution in [-0.4, -0.2) is 31.1 Å². The number of hydrogen-bond acceptors (Lipinski definition) is 2. The molecule has 1 fully saturated rings. The first kappa shape index (κ1) is 11.7. The van der Waals surface area contributed by atoms with Gasteiger partial charge in [-0.15, -0.1) is 0 Å². The van der Waals surface area contributed by atoms with Gasteiger partial charge >= 0.3 is 0 Å². The van der Waals surface area contributed by atoms with Crippen molar-refractivity contribution in [1.82, 2.24) is 4.90 Å². The number of likely N-dealkylation sites (tertiary alicyclic amines) is 1. The lowest BCUT2D eigenvalue weighted by Crippen LogP contribution is -2.42. The van der Waals surface area contributed by atoms with Crippen LogP contribution < -0.4 is 5.73 Å². The molecule has 1 heterocycles. The minimum Gasteiger partial charge on any atom is -0.330 e. The molecule has 0 aromatic carbocycles. The number of nitrogens with two attached hydrogens (primary N) is 1. The molecule has 14 heavy (non-hydrogen) atoms. The van der Waals surface area contributed by atoms with Crippen molar-refractivity contribution in [2.24, 2.45) is 17.6 Å². The Hall–Kier alpha value is -0.340. The lowest BCUT2D eigenvalue weighted by atomic mass is 9.87. The summed E-state index contributed by atoms with van der Waals surface area (Å²) in [6, 6.07) is 0. The van der Waals surface area contributed by atoms with Crippen molar-refractivity contribution < 1.29 is 0 Å². The molecular formula is C12H24N2. The molecule has 0 aromatic heterocycles. The molecule has 2 heteroatoms. The van der Waals surface area contributed by atoms with E-state index in [1.54, 1.807) is 0 Å². The highest BCUT2D eigenvalue weighted by atomic mass is 15.1. The van der Waals surface area contributed by atoms with Crippen molar-refractivity contribution in [3.8, 4) is 0 Å². The molecule has 82 valence electrons. The van der Waals surface area contributed by atoms with E-state index in [1.807, 2.05) is 0 Å².